The minimum atomic E-state index is 0. The summed E-state index contributed by atoms with van der Waals surface area (Å²) in [6.07, 6.45) is 4.58. The first-order valence-electron chi connectivity index (χ1n) is 4.55. The zero-order valence-corrected chi connectivity index (χ0v) is 8.56. The molecule has 2 saturated carbocycles. The van der Waals surface area contributed by atoms with Crippen LogP contribution < -0.4 is 5.32 Å². The van der Waals surface area contributed by atoms with E-state index < -0.39 is 0 Å². The van der Waals surface area contributed by atoms with Crippen LogP contribution in [0.4, 0.5) is 0 Å². The molecule has 0 aromatic rings. The number of methoxy groups -OCH3 is 1. The summed E-state index contributed by atoms with van der Waals surface area (Å²) < 4.78 is 5.41. The summed E-state index contributed by atoms with van der Waals surface area (Å²) in [5.41, 5.74) is 0. The summed E-state index contributed by atoms with van der Waals surface area (Å²) in [5, 5.41) is 3.38. The Hall–Kier alpha value is 0.210. The van der Waals surface area contributed by atoms with Crippen molar-refractivity contribution in [1.29, 1.82) is 0 Å². The Morgan fingerprint density at radius 3 is 2.33 bits per heavy atom. The number of hydrogen-bond donors (Lipinski definition) is 1. The molecule has 3 heteroatoms. The maximum absolute atomic E-state index is 5.41. The molecule has 2 aliphatic carbocycles. The molecule has 2 aliphatic rings. The van der Waals surface area contributed by atoms with Gasteiger partial charge >= 0.3 is 0 Å². The van der Waals surface area contributed by atoms with Crippen LogP contribution in [-0.2, 0) is 4.74 Å². The molecular formula is C9H18ClNO. The largest absolute Gasteiger partial charge is 0.381 e. The maximum atomic E-state index is 5.41. The van der Waals surface area contributed by atoms with Crippen LogP contribution in [0.15, 0.2) is 0 Å². The lowest BCUT2D eigenvalue weighted by atomic mass is 9.93. The average Bonchev–Trinajstić information content (AvgIpc) is 2.60. The highest BCUT2D eigenvalue weighted by Crippen LogP contribution is 2.45. The number of nitrogens with one attached hydrogen (secondary N) is 1. The normalized spacial score (nSPS) is 44.5. The molecule has 2 fully saturated rings. The summed E-state index contributed by atoms with van der Waals surface area (Å²) in [7, 11) is 3.92. The molecule has 0 aromatic heterocycles. The van der Waals surface area contributed by atoms with E-state index >= 15 is 0 Å². The van der Waals surface area contributed by atoms with E-state index in [1.54, 1.807) is 0 Å². The Morgan fingerprint density at radius 2 is 1.92 bits per heavy atom. The van der Waals surface area contributed by atoms with Crippen LogP contribution in [0, 0.1) is 11.8 Å². The van der Waals surface area contributed by atoms with Crippen LogP contribution in [-0.4, -0.2) is 26.3 Å². The van der Waals surface area contributed by atoms with Gasteiger partial charge in [0.2, 0.25) is 0 Å². The van der Waals surface area contributed by atoms with E-state index in [0.29, 0.717) is 6.10 Å². The van der Waals surface area contributed by atoms with E-state index in [-0.39, 0.29) is 12.4 Å². The number of rotatable bonds is 2. The van der Waals surface area contributed by atoms with E-state index in [4.69, 9.17) is 4.74 Å². The molecular weight excluding hydrogens is 174 g/mol. The number of halogens is 1. The molecule has 0 spiro atoms. The zero-order valence-electron chi connectivity index (χ0n) is 7.75. The smallest absolute Gasteiger partial charge is 0.0603 e. The lowest BCUT2D eigenvalue weighted by Gasteiger charge is -2.26. The van der Waals surface area contributed by atoms with Gasteiger partial charge in [-0.2, -0.15) is 0 Å². The van der Waals surface area contributed by atoms with Crippen LogP contribution in [0.5, 0.6) is 0 Å². The van der Waals surface area contributed by atoms with Crippen LogP contribution in [0.25, 0.3) is 0 Å². The van der Waals surface area contributed by atoms with Crippen molar-refractivity contribution in [3.63, 3.8) is 0 Å². The highest BCUT2D eigenvalue weighted by molar-refractivity contribution is 5.85. The summed E-state index contributed by atoms with van der Waals surface area (Å²) in [4.78, 5) is 0. The van der Waals surface area contributed by atoms with Crippen LogP contribution in [0.2, 0.25) is 0 Å². The molecule has 0 radical (unpaired) electrons. The highest BCUT2D eigenvalue weighted by atomic mass is 35.5. The first kappa shape index (κ1) is 10.3. The lowest BCUT2D eigenvalue weighted by molar-refractivity contribution is 0.0509. The van der Waals surface area contributed by atoms with Crippen molar-refractivity contribution < 1.29 is 4.74 Å². The first-order valence-corrected chi connectivity index (χ1v) is 4.55. The van der Waals surface area contributed by atoms with Crippen molar-refractivity contribution in [2.24, 2.45) is 11.8 Å². The monoisotopic (exact) mass is 191 g/mol. The highest BCUT2D eigenvalue weighted by Gasteiger charge is 2.45. The van der Waals surface area contributed by atoms with Gasteiger partial charge in [0.1, 0.15) is 0 Å². The van der Waals surface area contributed by atoms with Crippen molar-refractivity contribution in [2.75, 3.05) is 14.2 Å². The lowest BCUT2D eigenvalue weighted by Crippen LogP contribution is -2.35. The molecule has 0 saturated heterocycles. The van der Waals surface area contributed by atoms with E-state index in [9.17, 15) is 0 Å². The molecule has 12 heavy (non-hydrogen) atoms. The molecule has 4 atom stereocenters. The second-order valence-electron chi connectivity index (χ2n) is 3.90. The maximum Gasteiger partial charge on any atom is 0.0603 e. The minimum Gasteiger partial charge on any atom is -0.381 e. The first-order chi connectivity index (χ1) is 5.35. The van der Waals surface area contributed by atoms with Gasteiger partial charge in [-0.25, -0.2) is 0 Å². The number of fused-ring (bicyclic) bond motifs is 2. The SMILES string of the molecule is CNC1CC2CC1CC2OC.Cl. The molecule has 2 bridgehead atoms. The van der Waals surface area contributed by atoms with Crippen LogP contribution in [0.3, 0.4) is 0 Å². The van der Waals surface area contributed by atoms with Crippen molar-refractivity contribution in [3.05, 3.63) is 0 Å². The molecule has 0 amide bonds. The molecule has 2 nitrogen and oxygen atoms in total. The standard InChI is InChI=1S/C9H17NO.ClH/c1-10-8-4-7-3-6(8)5-9(7)11-2;/h6-10H,3-5H2,1-2H3;1H. The zero-order chi connectivity index (χ0) is 7.84. The van der Waals surface area contributed by atoms with E-state index in [2.05, 4.69) is 12.4 Å². The molecule has 2 rings (SSSR count). The predicted octanol–water partition coefficient (Wildman–Crippen LogP) is 1.44. The van der Waals surface area contributed by atoms with Crippen LogP contribution in [0.1, 0.15) is 19.3 Å². The predicted molar refractivity (Wildman–Crippen MR) is 51.7 cm³/mol. The van der Waals surface area contributed by atoms with E-state index in [0.717, 1.165) is 17.9 Å². The summed E-state index contributed by atoms with van der Waals surface area (Å²) in [6, 6.07) is 0.784. The summed E-state index contributed by atoms with van der Waals surface area (Å²) in [6.45, 7) is 0. The number of hydrogen-bond acceptors (Lipinski definition) is 2. The van der Waals surface area contributed by atoms with Gasteiger partial charge < -0.3 is 10.1 Å². The average molecular weight is 192 g/mol. The quantitative estimate of drug-likeness (QED) is 0.714. The fourth-order valence-corrected chi connectivity index (χ4v) is 2.87. The van der Waals surface area contributed by atoms with Gasteiger partial charge in [0.15, 0.2) is 0 Å². The van der Waals surface area contributed by atoms with Gasteiger partial charge in [-0.3, -0.25) is 0 Å². The van der Waals surface area contributed by atoms with Crippen molar-refractivity contribution in [1.82, 2.24) is 5.32 Å². The Kier molecular flexibility index (Phi) is 3.38. The van der Waals surface area contributed by atoms with Gasteiger partial charge in [0.05, 0.1) is 6.10 Å². The Balaban J connectivity index is 0.000000720. The van der Waals surface area contributed by atoms with Gasteiger partial charge in [-0.1, -0.05) is 0 Å². The molecule has 0 heterocycles. The van der Waals surface area contributed by atoms with E-state index in [1.165, 1.54) is 19.3 Å². The molecule has 0 aromatic carbocycles. The minimum absolute atomic E-state index is 0. The Bertz CT molecular complexity index is 137. The fraction of sp³-hybridized carbons (Fsp3) is 1.00. The van der Waals surface area contributed by atoms with Gasteiger partial charge in [0.25, 0.3) is 0 Å². The molecule has 0 aliphatic heterocycles. The molecule has 72 valence electrons. The third-order valence-electron chi connectivity index (χ3n) is 3.47. The van der Waals surface area contributed by atoms with Crippen molar-refractivity contribution >= 4 is 12.4 Å². The Labute approximate surface area is 80.5 Å². The second-order valence-corrected chi connectivity index (χ2v) is 3.90. The molecule has 1 N–H and O–H groups in total. The van der Waals surface area contributed by atoms with Gasteiger partial charge in [-0.05, 0) is 38.1 Å². The third-order valence-corrected chi connectivity index (χ3v) is 3.47. The molecule has 4 unspecified atom stereocenters. The van der Waals surface area contributed by atoms with Gasteiger partial charge in [0, 0.05) is 13.2 Å². The second kappa shape index (κ2) is 3.95. The summed E-state index contributed by atoms with van der Waals surface area (Å²) >= 11 is 0. The number of ether oxygens (including phenoxy) is 1. The van der Waals surface area contributed by atoms with Crippen molar-refractivity contribution in [2.45, 2.75) is 31.4 Å². The fourth-order valence-electron chi connectivity index (χ4n) is 2.87. The topological polar surface area (TPSA) is 21.3 Å². The van der Waals surface area contributed by atoms with Gasteiger partial charge in [-0.15, -0.1) is 12.4 Å². The van der Waals surface area contributed by atoms with E-state index in [1.807, 2.05) is 7.11 Å². The van der Waals surface area contributed by atoms with Crippen LogP contribution >= 0.6 is 12.4 Å². The summed E-state index contributed by atoms with van der Waals surface area (Å²) in [5.74, 6) is 1.75. The van der Waals surface area contributed by atoms with Crippen molar-refractivity contribution in [3.8, 4) is 0 Å². The third kappa shape index (κ3) is 1.48. The Morgan fingerprint density at radius 1 is 1.17 bits per heavy atom.